The molecule has 1 N–H and O–H groups in total. The Hall–Kier alpha value is -2.05. The second-order valence-corrected chi connectivity index (χ2v) is 11.6. The SMILES string of the molecule is CN(C(=O)OC(C)(C)C)C1CCN(c2cnnc(NC34CC5CC(CC(C5)C3)C4)c2)C1. The Kier molecular flexibility index (Phi) is 5.05. The fourth-order valence-electron chi connectivity index (χ4n) is 6.90. The third-order valence-electron chi connectivity index (χ3n) is 7.83. The number of ether oxygens (including phenoxy) is 1. The molecule has 1 aromatic heterocycles. The molecule has 0 radical (unpaired) electrons. The average molecular weight is 428 g/mol. The minimum Gasteiger partial charge on any atom is -0.444 e. The number of amides is 1. The van der Waals surface area contributed by atoms with E-state index in [2.05, 4.69) is 26.5 Å². The quantitative estimate of drug-likeness (QED) is 0.772. The van der Waals surface area contributed by atoms with Crippen LogP contribution in [0.25, 0.3) is 0 Å². The van der Waals surface area contributed by atoms with Gasteiger partial charge >= 0.3 is 6.09 Å². The summed E-state index contributed by atoms with van der Waals surface area (Å²) in [4.78, 5) is 16.5. The first kappa shape index (κ1) is 20.8. The van der Waals surface area contributed by atoms with Crippen LogP contribution in [0.15, 0.2) is 12.3 Å². The summed E-state index contributed by atoms with van der Waals surface area (Å²) in [7, 11) is 1.84. The zero-order valence-corrected chi connectivity index (χ0v) is 19.4. The smallest absolute Gasteiger partial charge is 0.410 e. The number of anilines is 2. The van der Waals surface area contributed by atoms with Crippen molar-refractivity contribution in [3.05, 3.63) is 12.3 Å². The van der Waals surface area contributed by atoms with Gasteiger partial charge in [-0.3, -0.25) is 0 Å². The predicted molar refractivity (Wildman–Crippen MR) is 121 cm³/mol. The van der Waals surface area contributed by atoms with Gasteiger partial charge in [0.2, 0.25) is 0 Å². The van der Waals surface area contributed by atoms with E-state index in [4.69, 9.17) is 4.74 Å². The van der Waals surface area contributed by atoms with Gasteiger partial charge in [-0.25, -0.2) is 4.79 Å². The highest BCUT2D eigenvalue weighted by Gasteiger charge is 2.51. The van der Waals surface area contributed by atoms with Gasteiger partial charge in [-0.1, -0.05) is 0 Å². The van der Waals surface area contributed by atoms with Crippen LogP contribution in [0.4, 0.5) is 16.3 Å². The lowest BCUT2D eigenvalue weighted by Gasteiger charge is -2.57. The van der Waals surface area contributed by atoms with Crippen molar-refractivity contribution >= 4 is 17.6 Å². The van der Waals surface area contributed by atoms with E-state index in [-0.39, 0.29) is 17.7 Å². The third-order valence-corrected chi connectivity index (χ3v) is 7.83. The summed E-state index contributed by atoms with van der Waals surface area (Å²) in [6.07, 6.45) is 10.7. The Morgan fingerprint density at radius 1 is 1.19 bits per heavy atom. The van der Waals surface area contributed by atoms with Gasteiger partial charge < -0.3 is 19.9 Å². The fraction of sp³-hybridized carbons (Fsp3) is 0.792. The number of rotatable bonds is 4. The monoisotopic (exact) mass is 427 g/mol. The van der Waals surface area contributed by atoms with Gasteiger partial charge in [0, 0.05) is 31.7 Å². The number of likely N-dealkylation sites (N-methyl/N-ethyl adjacent to an activating group) is 1. The van der Waals surface area contributed by atoms with Gasteiger partial charge in [-0.15, -0.1) is 5.10 Å². The molecule has 0 aromatic carbocycles. The molecular formula is C24H37N5O2. The second kappa shape index (κ2) is 7.52. The molecule has 1 amide bonds. The molecule has 1 atom stereocenters. The number of carbonyl (C=O) groups is 1. The van der Waals surface area contributed by atoms with Crippen LogP contribution in [0.2, 0.25) is 0 Å². The van der Waals surface area contributed by atoms with Gasteiger partial charge in [-0.2, -0.15) is 5.10 Å². The summed E-state index contributed by atoms with van der Waals surface area (Å²) < 4.78 is 5.54. The molecule has 7 nitrogen and oxygen atoms in total. The van der Waals surface area contributed by atoms with Crippen LogP contribution in [0.5, 0.6) is 0 Å². The first-order valence-corrected chi connectivity index (χ1v) is 12.0. The first-order chi connectivity index (χ1) is 14.7. The van der Waals surface area contributed by atoms with Crippen LogP contribution >= 0.6 is 0 Å². The number of nitrogens with zero attached hydrogens (tertiary/aromatic N) is 4. The summed E-state index contributed by atoms with van der Waals surface area (Å²) in [5.74, 6) is 3.61. The van der Waals surface area contributed by atoms with Crippen LogP contribution in [0, 0.1) is 17.8 Å². The maximum absolute atomic E-state index is 12.4. The van der Waals surface area contributed by atoms with Gasteiger partial charge in [0.15, 0.2) is 5.82 Å². The van der Waals surface area contributed by atoms with E-state index >= 15 is 0 Å². The van der Waals surface area contributed by atoms with E-state index in [1.165, 1.54) is 38.5 Å². The highest BCUT2D eigenvalue weighted by Crippen LogP contribution is 2.56. The minimum atomic E-state index is -0.476. The number of nitrogens with one attached hydrogen (secondary N) is 1. The second-order valence-electron chi connectivity index (χ2n) is 11.6. The lowest BCUT2D eigenvalue weighted by Crippen LogP contribution is -2.54. The van der Waals surface area contributed by atoms with Gasteiger partial charge in [0.05, 0.1) is 17.9 Å². The van der Waals surface area contributed by atoms with Gasteiger partial charge in [0.1, 0.15) is 5.60 Å². The Bertz CT molecular complexity index is 800. The summed E-state index contributed by atoms with van der Waals surface area (Å²) in [5, 5.41) is 12.6. The lowest BCUT2D eigenvalue weighted by atomic mass is 9.53. The van der Waals surface area contributed by atoms with Crippen LogP contribution in [-0.4, -0.2) is 58.5 Å². The fourth-order valence-corrected chi connectivity index (χ4v) is 6.90. The van der Waals surface area contributed by atoms with Crippen molar-refractivity contribution in [3.8, 4) is 0 Å². The zero-order valence-electron chi connectivity index (χ0n) is 19.4. The molecule has 1 saturated heterocycles. The lowest BCUT2D eigenvalue weighted by molar-refractivity contribution is 0.0105. The average Bonchev–Trinajstić information content (AvgIpc) is 3.15. The topological polar surface area (TPSA) is 70.6 Å². The van der Waals surface area contributed by atoms with Crippen molar-refractivity contribution in [1.29, 1.82) is 0 Å². The summed E-state index contributed by atoms with van der Waals surface area (Å²) in [6, 6.07) is 2.30. The van der Waals surface area contributed by atoms with Crippen molar-refractivity contribution in [2.75, 3.05) is 30.4 Å². The van der Waals surface area contributed by atoms with Crippen LogP contribution in [-0.2, 0) is 4.74 Å². The summed E-state index contributed by atoms with van der Waals surface area (Å²) >= 11 is 0. The van der Waals surface area contributed by atoms with Crippen molar-refractivity contribution < 1.29 is 9.53 Å². The molecule has 4 aliphatic carbocycles. The molecule has 7 heteroatoms. The molecule has 1 aliphatic heterocycles. The largest absolute Gasteiger partial charge is 0.444 e. The normalized spacial score (nSPS) is 34.1. The molecule has 4 saturated carbocycles. The molecule has 0 spiro atoms. The molecule has 4 bridgehead atoms. The Morgan fingerprint density at radius 3 is 2.45 bits per heavy atom. The number of carbonyl (C=O) groups excluding carboxylic acids is 1. The molecule has 31 heavy (non-hydrogen) atoms. The van der Waals surface area contributed by atoms with Crippen molar-refractivity contribution in [2.24, 2.45) is 17.8 Å². The molecule has 5 fully saturated rings. The number of aromatic nitrogens is 2. The van der Waals surface area contributed by atoms with Crippen LogP contribution < -0.4 is 10.2 Å². The van der Waals surface area contributed by atoms with E-state index in [1.54, 1.807) is 4.90 Å². The standard InChI is InChI=1S/C24H37N5O2/c1-23(2,3)31-22(30)28(4)19-5-6-29(15-19)20-10-21(27-25-14-20)26-24-11-16-7-17(12-24)9-18(8-16)13-24/h10,14,16-19H,5-9,11-13,15H2,1-4H3,(H,26,27). The van der Waals surface area contributed by atoms with Crippen molar-refractivity contribution in [2.45, 2.75) is 82.9 Å². The molecule has 6 rings (SSSR count). The van der Waals surface area contributed by atoms with E-state index < -0.39 is 5.60 Å². The van der Waals surface area contributed by atoms with Crippen molar-refractivity contribution in [3.63, 3.8) is 0 Å². The predicted octanol–water partition coefficient (Wildman–Crippen LogP) is 4.30. The van der Waals surface area contributed by atoms with E-state index in [0.717, 1.165) is 48.8 Å². The highest BCUT2D eigenvalue weighted by molar-refractivity contribution is 5.68. The summed E-state index contributed by atoms with van der Waals surface area (Å²) in [6.45, 7) is 7.40. The molecule has 2 heterocycles. The maximum atomic E-state index is 12.4. The summed E-state index contributed by atoms with van der Waals surface area (Å²) in [5.41, 5.74) is 0.838. The van der Waals surface area contributed by atoms with E-state index in [1.807, 2.05) is 34.0 Å². The van der Waals surface area contributed by atoms with Crippen LogP contribution in [0.1, 0.15) is 65.7 Å². The van der Waals surface area contributed by atoms with Crippen molar-refractivity contribution in [1.82, 2.24) is 15.1 Å². The molecule has 5 aliphatic rings. The third kappa shape index (κ3) is 4.33. The maximum Gasteiger partial charge on any atom is 0.410 e. The number of hydrogen-bond acceptors (Lipinski definition) is 6. The Morgan fingerprint density at radius 2 is 1.84 bits per heavy atom. The zero-order chi connectivity index (χ0) is 21.8. The first-order valence-electron chi connectivity index (χ1n) is 12.0. The Labute approximate surface area is 185 Å². The Balaban J connectivity index is 1.23. The molecule has 170 valence electrons. The van der Waals surface area contributed by atoms with Gasteiger partial charge in [0.25, 0.3) is 0 Å². The van der Waals surface area contributed by atoms with Gasteiger partial charge in [-0.05, 0) is 83.5 Å². The molecule has 1 unspecified atom stereocenters. The molecule has 1 aromatic rings. The molecular weight excluding hydrogens is 390 g/mol. The van der Waals surface area contributed by atoms with E-state index in [0.29, 0.717) is 0 Å². The minimum absolute atomic E-state index is 0.141. The van der Waals surface area contributed by atoms with E-state index in [9.17, 15) is 4.79 Å². The highest BCUT2D eigenvalue weighted by atomic mass is 16.6. The van der Waals surface area contributed by atoms with Crippen LogP contribution in [0.3, 0.4) is 0 Å². The number of hydrogen-bond donors (Lipinski definition) is 1.